The van der Waals surface area contributed by atoms with Gasteiger partial charge in [0, 0.05) is 11.4 Å². The Kier molecular flexibility index (Phi) is 5.33. The lowest BCUT2D eigenvalue weighted by atomic mass is 10.1. The Balaban J connectivity index is 1.70. The minimum Gasteiger partial charge on any atom is -0.508 e. The highest BCUT2D eigenvalue weighted by Crippen LogP contribution is 2.17. The molecule has 0 radical (unpaired) electrons. The summed E-state index contributed by atoms with van der Waals surface area (Å²) in [5.74, 6) is 0.328. The van der Waals surface area contributed by atoms with Gasteiger partial charge in [0.25, 0.3) is 0 Å². The molecule has 1 amide bonds. The highest BCUT2D eigenvalue weighted by Gasteiger charge is 2.09. The molecule has 0 saturated carbocycles. The van der Waals surface area contributed by atoms with Crippen molar-refractivity contribution >= 4 is 17.2 Å². The lowest BCUT2D eigenvalue weighted by molar-refractivity contribution is -0.120. The zero-order chi connectivity index (χ0) is 15.2. The van der Waals surface area contributed by atoms with Crippen molar-refractivity contribution in [3.8, 4) is 5.75 Å². The van der Waals surface area contributed by atoms with Crippen LogP contribution >= 0.6 is 11.3 Å². The molecule has 112 valence electrons. The van der Waals surface area contributed by atoms with Gasteiger partial charge in [-0.3, -0.25) is 4.79 Å². The maximum absolute atomic E-state index is 11.9. The summed E-state index contributed by atoms with van der Waals surface area (Å²) in [6.07, 6.45) is 2.19. The Morgan fingerprint density at radius 1 is 1.29 bits per heavy atom. The van der Waals surface area contributed by atoms with Crippen molar-refractivity contribution in [1.29, 1.82) is 0 Å². The van der Waals surface area contributed by atoms with E-state index in [2.05, 4.69) is 10.3 Å². The molecule has 0 aliphatic rings. The normalized spacial score (nSPS) is 10.6. The van der Waals surface area contributed by atoms with Crippen LogP contribution in [0.25, 0.3) is 0 Å². The predicted molar refractivity (Wildman–Crippen MR) is 84.7 cm³/mol. The number of thiazole rings is 1. The Hall–Kier alpha value is -1.88. The van der Waals surface area contributed by atoms with E-state index in [4.69, 9.17) is 0 Å². The van der Waals surface area contributed by atoms with Crippen molar-refractivity contribution in [2.45, 2.75) is 33.1 Å². The third-order valence-electron chi connectivity index (χ3n) is 3.22. The SMILES string of the molecule is Cc1nc(C)c(CC(=O)NCCCc2ccc(O)cc2)s1. The zero-order valence-electron chi connectivity index (χ0n) is 12.3. The molecule has 0 atom stereocenters. The minimum atomic E-state index is 0.0486. The molecule has 2 N–H and O–H groups in total. The number of hydrogen-bond donors (Lipinski definition) is 2. The fraction of sp³-hybridized carbons (Fsp3) is 0.375. The largest absolute Gasteiger partial charge is 0.508 e. The van der Waals surface area contributed by atoms with E-state index in [0.29, 0.717) is 13.0 Å². The summed E-state index contributed by atoms with van der Waals surface area (Å²) >= 11 is 1.58. The van der Waals surface area contributed by atoms with Crippen LogP contribution in [0.15, 0.2) is 24.3 Å². The van der Waals surface area contributed by atoms with Gasteiger partial charge < -0.3 is 10.4 Å². The summed E-state index contributed by atoms with van der Waals surface area (Å²) in [7, 11) is 0. The second kappa shape index (κ2) is 7.22. The lowest BCUT2D eigenvalue weighted by Gasteiger charge is -2.05. The molecule has 1 aromatic carbocycles. The van der Waals surface area contributed by atoms with E-state index in [-0.39, 0.29) is 11.7 Å². The number of carbonyl (C=O) groups is 1. The first kappa shape index (κ1) is 15.5. The first-order valence-electron chi connectivity index (χ1n) is 7.02. The van der Waals surface area contributed by atoms with Crippen LogP contribution in [-0.4, -0.2) is 22.5 Å². The average Bonchev–Trinajstić information content (AvgIpc) is 2.75. The van der Waals surface area contributed by atoms with Crippen LogP contribution in [-0.2, 0) is 17.6 Å². The van der Waals surface area contributed by atoms with Gasteiger partial charge in [0.15, 0.2) is 0 Å². The molecule has 0 aliphatic carbocycles. The maximum atomic E-state index is 11.9. The summed E-state index contributed by atoms with van der Waals surface area (Å²) in [6, 6.07) is 7.17. The number of phenolic OH excluding ortho intramolecular Hbond substituents is 1. The Morgan fingerprint density at radius 3 is 2.62 bits per heavy atom. The number of aromatic hydroxyl groups is 1. The molecule has 5 heteroatoms. The van der Waals surface area contributed by atoms with Gasteiger partial charge in [-0.1, -0.05) is 12.1 Å². The van der Waals surface area contributed by atoms with Gasteiger partial charge in [0.2, 0.25) is 5.91 Å². The van der Waals surface area contributed by atoms with Gasteiger partial charge in [0.1, 0.15) is 5.75 Å². The van der Waals surface area contributed by atoms with Crippen LogP contribution in [0.4, 0.5) is 0 Å². The first-order chi connectivity index (χ1) is 10.0. The van der Waals surface area contributed by atoms with Gasteiger partial charge in [-0.15, -0.1) is 11.3 Å². The van der Waals surface area contributed by atoms with Gasteiger partial charge in [-0.25, -0.2) is 4.98 Å². The van der Waals surface area contributed by atoms with Crippen LogP contribution in [0.5, 0.6) is 5.75 Å². The quantitative estimate of drug-likeness (QED) is 0.807. The molecule has 4 nitrogen and oxygen atoms in total. The summed E-state index contributed by atoms with van der Waals surface area (Å²) in [5.41, 5.74) is 2.12. The van der Waals surface area contributed by atoms with Gasteiger partial charge in [0.05, 0.1) is 17.1 Å². The summed E-state index contributed by atoms with van der Waals surface area (Å²) in [5, 5.41) is 13.1. The zero-order valence-corrected chi connectivity index (χ0v) is 13.2. The van der Waals surface area contributed by atoms with E-state index in [1.54, 1.807) is 23.5 Å². The molecule has 0 bridgehead atoms. The van der Waals surface area contributed by atoms with E-state index in [1.807, 2.05) is 26.0 Å². The Labute approximate surface area is 128 Å². The van der Waals surface area contributed by atoms with Crippen LogP contribution in [0.1, 0.15) is 27.6 Å². The van der Waals surface area contributed by atoms with Gasteiger partial charge in [-0.2, -0.15) is 0 Å². The predicted octanol–water partition coefficient (Wildman–Crippen LogP) is 2.76. The number of phenols is 1. The van der Waals surface area contributed by atoms with Crippen molar-refractivity contribution < 1.29 is 9.90 Å². The third kappa shape index (κ3) is 4.86. The molecule has 0 fully saturated rings. The molecule has 2 rings (SSSR count). The van der Waals surface area contributed by atoms with Crippen LogP contribution < -0.4 is 5.32 Å². The monoisotopic (exact) mass is 304 g/mol. The second-order valence-electron chi connectivity index (χ2n) is 5.04. The molecule has 0 aliphatic heterocycles. The topological polar surface area (TPSA) is 62.2 Å². The Morgan fingerprint density at radius 2 is 2.00 bits per heavy atom. The molecular weight excluding hydrogens is 284 g/mol. The molecule has 1 aromatic heterocycles. The number of carbonyl (C=O) groups excluding carboxylic acids is 1. The fourth-order valence-corrected chi connectivity index (χ4v) is 3.06. The van der Waals surface area contributed by atoms with E-state index in [0.717, 1.165) is 34.0 Å². The molecule has 21 heavy (non-hydrogen) atoms. The third-order valence-corrected chi connectivity index (χ3v) is 4.29. The lowest BCUT2D eigenvalue weighted by Crippen LogP contribution is -2.26. The van der Waals surface area contributed by atoms with Gasteiger partial charge >= 0.3 is 0 Å². The summed E-state index contributed by atoms with van der Waals surface area (Å²) in [6.45, 7) is 4.56. The number of aryl methyl sites for hydroxylation is 3. The van der Waals surface area contributed by atoms with E-state index in [1.165, 1.54) is 0 Å². The molecule has 0 saturated heterocycles. The smallest absolute Gasteiger partial charge is 0.225 e. The molecule has 1 heterocycles. The number of amides is 1. The standard InChI is InChI=1S/C16H20N2O2S/c1-11-15(21-12(2)18-11)10-16(20)17-9-3-4-13-5-7-14(19)8-6-13/h5-8,19H,3-4,9-10H2,1-2H3,(H,17,20). The van der Waals surface area contributed by atoms with Crippen molar-refractivity contribution in [2.75, 3.05) is 6.54 Å². The first-order valence-corrected chi connectivity index (χ1v) is 7.84. The molecule has 0 spiro atoms. The highest BCUT2D eigenvalue weighted by atomic mass is 32.1. The second-order valence-corrected chi connectivity index (χ2v) is 6.33. The molecule has 0 unspecified atom stereocenters. The van der Waals surface area contributed by atoms with Crippen molar-refractivity contribution in [1.82, 2.24) is 10.3 Å². The number of rotatable bonds is 6. The van der Waals surface area contributed by atoms with E-state index < -0.39 is 0 Å². The average molecular weight is 304 g/mol. The summed E-state index contributed by atoms with van der Waals surface area (Å²) in [4.78, 5) is 17.2. The van der Waals surface area contributed by atoms with Crippen LogP contribution in [0, 0.1) is 13.8 Å². The van der Waals surface area contributed by atoms with Crippen molar-refractivity contribution in [3.05, 3.63) is 45.4 Å². The Bertz CT molecular complexity index is 605. The minimum absolute atomic E-state index is 0.0486. The molecular formula is C16H20N2O2S. The van der Waals surface area contributed by atoms with Crippen LogP contribution in [0.2, 0.25) is 0 Å². The fourth-order valence-electron chi connectivity index (χ4n) is 2.13. The maximum Gasteiger partial charge on any atom is 0.225 e. The van der Waals surface area contributed by atoms with E-state index >= 15 is 0 Å². The van der Waals surface area contributed by atoms with Crippen molar-refractivity contribution in [3.63, 3.8) is 0 Å². The number of aromatic nitrogens is 1. The summed E-state index contributed by atoms with van der Waals surface area (Å²) < 4.78 is 0. The number of benzene rings is 1. The van der Waals surface area contributed by atoms with Gasteiger partial charge in [-0.05, 0) is 44.4 Å². The van der Waals surface area contributed by atoms with E-state index in [9.17, 15) is 9.90 Å². The number of hydrogen-bond acceptors (Lipinski definition) is 4. The number of nitrogens with one attached hydrogen (secondary N) is 1. The van der Waals surface area contributed by atoms with Crippen molar-refractivity contribution in [2.24, 2.45) is 0 Å². The highest BCUT2D eigenvalue weighted by molar-refractivity contribution is 7.11. The van der Waals surface area contributed by atoms with Crippen LogP contribution in [0.3, 0.4) is 0 Å². The number of nitrogens with zero attached hydrogens (tertiary/aromatic N) is 1. The molecule has 2 aromatic rings.